The van der Waals surface area contributed by atoms with Crippen LogP contribution in [0.15, 0.2) is 0 Å². The lowest BCUT2D eigenvalue weighted by atomic mass is 10.2. The van der Waals surface area contributed by atoms with E-state index in [1.165, 1.54) is 0 Å². The van der Waals surface area contributed by atoms with E-state index in [2.05, 4.69) is 27.5 Å². The minimum Gasteiger partial charge on any atom is -0.393 e. The van der Waals surface area contributed by atoms with Gasteiger partial charge < -0.3 is 15.7 Å². The molecule has 0 aliphatic rings. The summed E-state index contributed by atoms with van der Waals surface area (Å²) in [5, 5.41) is 16.1. The Morgan fingerprint density at radius 1 is 1.05 bits per heavy atom. The molecule has 0 aliphatic heterocycles. The molecule has 5 heteroatoms. The molecule has 0 fully saturated rings. The molecule has 1 heterocycles. The highest BCUT2D eigenvalue weighted by atomic mass is 16.3. The minimum atomic E-state index is -0.242. The van der Waals surface area contributed by atoms with Gasteiger partial charge in [-0.25, -0.2) is 9.97 Å². The zero-order chi connectivity index (χ0) is 14.3. The smallest absolute Gasteiger partial charge is 0.134 e. The number of aliphatic hydroxyl groups excluding tert-OH is 1. The van der Waals surface area contributed by atoms with Crippen molar-refractivity contribution >= 4 is 11.6 Å². The predicted octanol–water partition coefficient (Wildman–Crippen LogP) is 2.49. The molecule has 1 unspecified atom stereocenters. The average molecular weight is 266 g/mol. The lowest BCUT2D eigenvalue weighted by Crippen LogP contribution is -2.15. The zero-order valence-corrected chi connectivity index (χ0v) is 12.5. The fourth-order valence-electron chi connectivity index (χ4n) is 1.78. The molecule has 0 radical (unpaired) electrons. The third kappa shape index (κ3) is 5.03. The van der Waals surface area contributed by atoms with Gasteiger partial charge in [-0.2, -0.15) is 0 Å². The quantitative estimate of drug-likeness (QED) is 0.674. The second-order valence-corrected chi connectivity index (χ2v) is 4.80. The van der Waals surface area contributed by atoms with Crippen molar-refractivity contribution in [3.63, 3.8) is 0 Å². The first kappa shape index (κ1) is 15.7. The van der Waals surface area contributed by atoms with Gasteiger partial charge in [-0.3, -0.25) is 0 Å². The van der Waals surface area contributed by atoms with Gasteiger partial charge in [-0.1, -0.05) is 13.8 Å². The van der Waals surface area contributed by atoms with Crippen molar-refractivity contribution in [2.24, 2.45) is 0 Å². The predicted molar refractivity (Wildman–Crippen MR) is 79.7 cm³/mol. The van der Waals surface area contributed by atoms with Crippen LogP contribution in [0.1, 0.15) is 44.5 Å². The Hall–Kier alpha value is -1.36. The van der Waals surface area contributed by atoms with E-state index in [1.807, 2.05) is 20.8 Å². The van der Waals surface area contributed by atoms with Crippen molar-refractivity contribution in [2.45, 2.75) is 53.1 Å². The van der Waals surface area contributed by atoms with Crippen LogP contribution < -0.4 is 10.6 Å². The lowest BCUT2D eigenvalue weighted by Gasteiger charge is -2.15. The number of rotatable bonds is 8. The Balaban J connectivity index is 2.68. The Labute approximate surface area is 115 Å². The highest BCUT2D eigenvalue weighted by Gasteiger charge is 2.09. The molecule has 0 aliphatic carbocycles. The summed E-state index contributed by atoms with van der Waals surface area (Å²) in [6.07, 6.45) is 2.34. The summed E-state index contributed by atoms with van der Waals surface area (Å²) in [5.74, 6) is 2.50. The maximum Gasteiger partial charge on any atom is 0.134 e. The molecule has 1 rings (SSSR count). The first-order valence-electron chi connectivity index (χ1n) is 7.09. The van der Waals surface area contributed by atoms with Gasteiger partial charge in [0.15, 0.2) is 0 Å². The van der Waals surface area contributed by atoms with E-state index < -0.39 is 0 Å². The number of nitrogens with one attached hydrogen (secondary N) is 2. The van der Waals surface area contributed by atoms with E-state index in [0.29, 0.717) is 0 Å². The van der Waals surface area contributed by atoms with Gasteiger partial charge >= 0.3 is 0 Å². The van der Waals surface area contributed by atoms with Crippen LogP contribution in [0, 0.1) is 13.8 Å². The van der Waals surface area contributed by atoms with Gasteiger partial charge in [0.1, 0.15) is 17.5 Å². The van der Waals surface area contributed by atoms with Crippen molar-refractivity contribution in [2.75, 3.05) is 23.7 Å². The molecule has 1 aromatic rings. The van der Waals surface area contributed by atoms with Crippen LogP contribution in [0.25, 0.3) is 0 Å². The monoisotopic (exact) mass is 266 g/mol. The standard InChI is InChI=1S/C14H26N4O/c1-5-8-15-13-10(3)14(18-11(4)17-13)16-9-7-12(19)6-2/h12,19H,5-9H2,1-4H3,(H2,15,16,17,18). The SMILES string of the molecule is CCCNc1nc(C)nc(NCCC(O)CC)c1C. The Bertz CT molecular complexity index is 395. The molecule has 0 saturated carbocycles. The summed E-state index contributed by atoms with van der Waals surface area (Å²) in [5.41, 5.74) is 1.03. The van der Waals surface area contributed by atoms with Crippen molar-refractivity contribution in [3.8, 4) is 0 Å². The topological polar surface area (TPSA) is 70.1 Å². The van der Waals surface area contributed by atoms with E-state index in [0.717, 1.165) is 55.4 Å². The zero-order valence-electron chi connectivity index (χ0n) is 12.5. The van der Waals surface area contributed by atoms with Crippen molar-refractivity contribution in [1.82, 2.24) is 9.97 Å². The molecule has 0 bridgehead atoms. The number of anilines is 2. The fourth-order valence-corrected chi connectivity index (χ4v) is 1.78. The van der Waals surface area contributed by atoms with Gasteiger partial charge in [-0.15, -0.1) is 0 Å². The molecule has 1 aromatic heterocycles. The van der Waals surface area contributed by atoms with E-state index in [9.17, 15) is 5.11 Å². The van der Waals surface area contributed by atoms with E-state index in [-0.39, 0.29) is 6.10 Å². The normalized spacial score (nSPS) is 12.3. The number of hydrogen-bond acceptors (Lipinski definition) is 5. The largest absolute Gasteiger partial charge is 0.393 e. The van der Waals surface area contributed by atoms with Crippen LogP contribution in [-0.2, 0) is 0 Å². The highest BCUT2D eigenvalue weighted by Crippen LogP contribution is 2.19. The van der Waals surface area contributed by atoms with Crippen molar-refractivity contribution in [1.29, 1.82) is 0 Å². The molecular formula is C14H26N4O. The third-order valence-corrected chi connectivity index (χ3v) is 3.04. The summed E-state index contributed by atoms with van der Waals surface area (Å²) in [7, 11) is 0. The molecule has 0 saturated heterocycles. The Morgan fingerprint density at radius 2 is 1.63 bits per heavy atom. The van der Waals surface area contributed by atoms with Gasteiger partial charge in [0.25, 0.3) is 0 Å². The van der Waals surface area contributed by atoms with Gasteiger partial charge in [0, 0.05) is 18.7 Å². The average Bonchev–Trinajstić information content (AvgIpc) is 2.40. The van der Waals surface area contributed by atoms with Crippen LogP contribution in [0.5, 0.6) is 0 Å². The Morgan fingerprint density at radius 3 is 2.16 bits per heavy atom. The van der Waals surface area contributed by atoms with Gasteiger partial charge in [0.2, 0.25) is 0 Å². The molecule has 0 spiro atoms. The second kappa shape index (κ2) is 7.94. The Kier molecular flexibility index (Phi) is 6.56. The maximum atomic E-state index is 9.55. The first-order valence-corrected chi connectivity index (χ1v) is 7.09. The molecule has 0 amide bonds. The van der Waals surface area contributed by atoms with E-state index >= 15 is 0 Å². The number of aliphatic hydroxyl groups is 1. The third-order valence-electron chi connectivity index (χ3n) is 3.04. The molecule has 1 atom stereocenters. The van der Waals surface area contributed by atoms with Crippen LogP contribution in [0.2, 0.25) is 0 Å². The van der Waals surface area contributed by atoms with Crippen LogP contribution in [0.4, 0.5) is 11.6 Å². The van der Waals surface area contributed by atoms with Crippen molar-refractivity contribution < 1.29 is 5.11 Å². The molecule has 108 valence electrons. The van der Waals surface area contributed by atoms with Gasteiger partial charge in [-0.05, 0) is 33.1 Å². The van der Waals surface area contributed by atoms with Crippen LogP contribution >= 0.6 is 0 Å². The first-order chi connectivity index (χ1) is 9.08. The van der Waals surface area contributed by atoms with Gasteiger partial charge in [0.05, 0.1) is 6.10 Å². The number of aromatic nitrogens is 2. The summed E-state index contributed by atoms with van der Waals surface area (Å²) in [6, 6.07) is 0. The fraction of sp³-hybridized carbons (Fsp3) is 0.714. The summed E-state index contributed by atoms with van der Waals surface area (Å²) < 4.78 is 0. The number of aryl methyl sites for hydroxylation is 1. The molecule has 19 heavy (non-hydrogen) atoms. The summed E-state index contributed by atoms with van der Waals surface area (Å²) in [4.78, 5) is 8.84. The molecule has 5 nitrogen and oxygen atoms in total. The number of hydrogen-bond donors (Lipinski definition) is 3. The van der Waals surface area contributed by atoms with Crippen LogP contribution in [-0.4, -0.2) is 34.3 Å². The molecular weight excluding hydrogens is 240 g/mol. The molecule has 3 N–H and O–H groups in total. The summed E-state index contributed by atoms with van der Waals surface area (Å²) in [6.45, 7) is 9.64. The summed E-state index contributed by atoms with van der Waals surface area (Å²) >= 11 is 0. The molecule has 0 aromatic carbocycles. The van der Waals surface area contributed by atoms with E-state index in [1.54, 1.807) is 0 Å². The lowest BCUT2D eigenvalue weighted by molar-refractivity contribution is 0.164. The minimum absolute atomic E-state index is 0.242. The maximum absolute atomic E-state index is 9.55. The van der Waals surface area contributed by atoms with E-state index in [4.69, 9.17) is 0 Å². The number of nitrogens with zero attached hydrogens (tertiary/aromatic N) is 2. The highest BCUT2D eigenvalue weighted by molar-refractivity contribution is 5.57. The second-order valence-electron chi connectivity index (χ2n) is 4.80. The van der Waals surface area contributed by atoms with Crippen LogP contribution in [0.3, 0.4) is 0 Å². The van der Waals surface area contributed by atoms with Crippen molar-refractivity contribution in [3.05, 3.63) is 11.4 Å².